The van der Waals surface area contributed by atoms with Crippen LogP contribution in [0.25, 0.3) is 32.9 Å². The summed E-state index contributed by atoms with van der Waals surface area (Å²) in [5, 5.41) is 2.74. The number of pyridine rings is 1. The molecule has 1 amide bonds. The van der Waals surface area contributed by atoms with E-state index in [0.29, 0.717) is 29.1 Å². The van der Waals surface area contributed by atoms with Crippen LogP contribution in [0.1, 0.15) is 17.4 Å². The molecule has 4 rings (SSSR count). The lowest BCUT2D eigenvalue weighted by Gasteiger charge is -2.13. The number of fused-ring (bicyclic) bond motifs is 1. The molecule has 8 heteroatoms. The number of nitrogens with two attached hydrogens (primary N) is 1. The van der Waals surface area contributed by atoms with Gasteiger partial charge in [-0.1, -0.05) is 18.2 Å². The van der Waals surface area contributed by atoms with Gasteiger partial charge in [0.1, 0.15) is 5.69 Å². The van der Waals surface area contributed by atoms with E-state index in [1.54, 1.807) is 41.2 Å². The molecule has 0 aliphatic carbocycles. The molecule has 1 aromatic carbocycles. The van der Waals surface area contributed by atoms with Crippen molar-refractivity contribution in [2.24, 2.45) is 0 Å². The smallest absolute Gasteiger partial charge is 0.271 e. The highest BCUT2D eigenvalue weighted by atomic mass is 16.1. The number of hydrogen-bond acceptors (Lipinski definition) is 5. The number of hydrogen-bond donors (Lipinski definition) is 2. The summed E-state index contributed by atoms with van der Waals surface area (Å²) >= 11 is 0. The molecular weight excluding hydrogens is 366 g/mol. The Hall–Kier alpha value is -4.25. The van der Waals surface area contributed by atoms with Crippen LogP contribution in [-0.2, 0) is 0 Å². The Kier molecular flexibility index (Phi) is 4.63. The van der Waals surface area contributed by atoms with Crippen molar-refractivity contribution in [1.82, 2.24) is 24.7 Å². The number of carbonyl (C=O) groups is 1. The maximum absolute atomic E-state index is 12.3. The zero-order valence-electron chi connectivity index (χ0n) is 15.6. The minimum Gasteiger partial charge on any atom is -0.369 e. The zero-order valence-corrected chi connectivity index (χ0v) is 15.6. The minimum absolute atomic E-state index is 0.198. The van der Waals surface area contributed by atoms with Crippen molar-refractivity contribution in [1.29, 1.82) is 0 Å². The SMILES string of the molecule is [C-]#[N+]c1cccc(-c2nc(N)n3cc(C(=O)NCC)nc3c2-c2ccncc2)c1. The Morgan fingerprint density at radius 1 is 1.21 bits per heavy atom. The van der Waals surface area contributed by atoms with Gasteiger partial charge >= 0.3 is 0 Å². The summed E-state index contributed by atoms with van der Waals surface area (Å²) in [6.45, 7) is 9.63. The summed E-state index contributed by atoms with van der Waals surface area (Å²) in [4.78, 5) is 29.0. The van der Waals surface area contributed by atoms with E-state index in [9.17, 15) is 4.79 Å². The minimum atomic E-state index is -0.284. The first-order valence-corrected chi connectivity index (χ1v) is 8.97. The second-order valence-electron chi connectivity index (χ2n) is 6.27. The van der Waals surface area contributed by atoms with E-state index in [0.717, 1.165) is 11.1 Å². The lowest BCUT2D eigenvalue weighted by atomic mass is 10.0. The van der Waals surface area contributed by atoms with Gasteiger partial charge in [0.2, 0.25) is 5.95 Å². The number of amides is 1. The molecule has 4 aromatic rings. The standard InChI is InChI=1S/C21H17N7O/c1-3-25-20(29)16-12-28-19(26-16)17(13-7-9-24-10-8-13)18(27-21(28)22)14-5-4-6-15(11-14)23-2/h4-12H,3H2,1H3,(H2,22,27)(H,25,29). The third-order valence-electron chi connectivity index (χ3n) is 4.43. The van der Waals surface area contributed by atoms with Gasteiger partial charge in [0.05, 0.1) is 17.8 Å². The second-order valence-corrected chi connectivity index (χ2v) is 6.27. The van der Waals surface area contributed by atoms with Crippen LogP contribution in [0.2, 0.25) is 0 Å². The molecule has 3 aromatic heterocycles. The highest BCUT2D eigenvalue weighted by molar-refractivity contribution is 5.96. The number of benzene rings is 1. The summed E-state index contributed by atoms with van der Waals surface area (Å²) < 4.78 is 1.60. The number of nitrogen functional groups attached to an aromatic ring is 1. The Labute approximate surface area is 166 Å². The van der Waals surface area contributed by atoms with Gasteiger partial charge in [-0.05, 0) is 36.2 Å². The van der Waals surface area contributed by atoms with E-state index in [1.807, 2.05) is 25.1 Å². The number of imidazole rings is 1. The maximum atomic E-state index is 12.3. The van der Waals surface area contributed by atoms with Crippen molar-refractivity contribution in [2.45, 2.75) is 6.92 Å². The number of rotatable bonds is 4. The number of nitrogens with one attached hydrogen (secondary N) is 1. The van der Waals surface area contributed by atoms with Crippen molar-refractivity contribution in [2.75, 3.05) is 12.3 Å². The van der Waals surface area contributed by atoms with Crippen molar-refractivity contribution in [3.8, 4) is 22.4 Å². The number of nitrogens with zero attached hydrogens (tertiary/aromatic N) is 5. The van der Waals surface area contributed by atoms with Crippen LogP contribution in [0.15, 0.2) is 55.0 Å². The topological polar surface area (TPSA) is 103 Å². The molecular formula is C21H17N7O. The fraction of sp³-hybridized carbons (Fsp3) is 0.0952. The zero-order chi connectivity index (χ0) is 20.4. The number of carbonyl (C=O) groups excluding carboxylic acids is 1. The van der Waals surface area contributed by atoms with E-state index < -0.39 is 0 Å². The first kappa shape index (κ1) is 18.1. The van der Waals surface area contributed by atoms with Crippen LogP contribution in [0.3, 0.4) is 0 Å². The van der Waals surface area contributed by atoms with Crippen molar-refractivity contribution >= 4 is 23.2 Å². The molecule has 0 atom stereocenters. The van der Waals surface area contributed by atoms with E-state index in [1.165, 1.54) is 0 Å². The van der Waals surface area contributed by atoms with Crippen LogP contribution in [-0.4, -0.2) is 31.8 Å². The lowest BCUT2D eigenvalue weighted by molar-refractivity contribution is 0.0951. The molecule has 0 bridgehead atoms. The first-order valence-electron chi connectivity index (χ1n) is 8.97. The molecule has 0 spiro atoms. The molecule has 3 N–H and O–H groups in total. The molecule has 0 saturated heterocycles. The monoisotopic (exact) mass is 383 g/mol. The van der Waals surface area contributed by atoms with Gasteiger partial charge in [-0.15, -0.1) is 0 Å². The van der Waals surface area contributed by atoms with E-state index in [-0.39, 0.29) is 17.5 Å². The quantitative estimate of drug-likeness (QED) is 0.526. The predicted octanol–water partition coefficient (Wildman–Crippen LogP) is 3.34. The average molecular weight is 383 g/mol. The lowest BCUT2D eigenvalue weighted by Crippen LogP contribution is -2.22. The fourth-order valence-corrected chi connectivity index (χ4v) is 3.14. The van der Waals surface area contributed by atoms with Crippen LogP contribution >= 0.6 is 0 Å². The summed E-state index contributed by atoms with van der Waals surface area (Å²) in [6.07, 6.45) is 4.93. The van der Waals surface area contributed by atoms with E-state index in [4.69, 9.17) is 12.3 Å². The van der Waals surface area contributed by atoms with Gasteiger partial charge < -0.3 is 11.1 Å². The van der Waals surface area contributed by atoms with Crippen LogP contribution in [0, 0.1) is 6.57 Å². The molecule has 3 heterocycles. The molecule has 0 aliphatic heterocycles. The molecule has 0 aliphatic rings. The largest absolute Gasteiger partial charge is 0.369 e. The van der Waals surface area contributed by atoms with Crippen molar-refractivity contribution in [3.05, 3.63) is 72.1 Å². The van der Waals surface area contributed by atoms with Gasteiger partial charge in [-0.3, -0.25) is 14.2 Å². The summed E-state index contributed by atoms with van der Waals surface area (Å²) in [5.41, 5.74) is 10.3. The Balaban J connectivity index is 2.05. The van der Waals surface area contributed by atoms with Crippen molar-refractivity contribution < 1.29 is 4.79 Å². The summed E-state index contributed by atoms with van der Waals surface area (Å²) in [7, 11) is 0. The number of anilines is 1. The number of aromatic nitrogens is 4. The van der Waals surface area contributed by atoms with Gasteiger partial charge in [0.25, 0.3) is 5.91 Å². The molecule has 0 saturated carbocycles. The normalized spacial score (nSPS) is 10.6. The fourth-order valence-electron chi connectivity index (χ4n) is 3.14. The first-order chi connectivity index (χ1) is 14.1. The maximum Gasteiger partial charge on any atom is 0.271 e. The summed E-state index contributed by atoms with van der Waals surface area (Å²) in [5.74, 6) is -0.0862. The molecule has 0 radical (unpaired) electrons. The van der Waals surface area contributed by atoms with Gasteiger partial charge in [-0.2, -0.15) is 0 Å². The van der Waals surface area contributed by atoms with E-state index in [2.05, 4.69) is 25.1 Å². The Morgan fingerprint density at radius 3 is 2.72 bits per heavy atom. The van der Waals surface area contributed by atoms with Gasteiger partial charge in [0.15, 0.2) is 11.3 Å². The molecule has 0 fully saturated rings. The molecule has 0 unspecified atom stereocenters. The molecule has 29 heavy (non-hydrogen) atoms. The Morgan fingerprint density at radius 2 is 2.00 bits per heavy atom. The Bertz CT molecular complexity index is 1260. The molecule has 142 valence electrons. The highest BCUT2D eigenvalue weighted by Crippen LogP contribution is 2.36. The van der Waals surface area contributed by atoms with Crippen LogP contribution in [0.5, 0.6) is 0 Å². The third-order valence-corrected chi connectivity index (χ3v) is 4.43. The third kappa shape index (κ3) is 3.26. The average Bonchev–Trinajstić information content (AvgIpc) is 3.20. The summed E-state index contributed by atoms with van der Waals surface area (Å²) in [6, 6.07) is 10.8. The van der Waals surface area contributed by atoms with Gasteiger partial charge in [-0.25, -0.2) is 14.8 Å². The van der Waals surface area contributed by atoms with E-state index >= 15 is 0 Å². The second kappa shape index (κ2) is 7.40. The predicted molar refractivity (Wildman–Crippen MR) is 110 cm³/mol. The van der Waals surface area contributed by atoms with Gasteiger partial charge in [0, 0.05) is 25.1 Å². The van der Waals surface area contributed by atoms with Crippen LogP contribution < -0.4 is 11.1 Å². The molecule has 8 nitrogen and oxygen atoms in total. The highest BCUT2D eigenvalue weighted by Gasteiger charge is 2.20. The van der Waals surface area contributed by atoms with Crippen molar-refractivity contribution in [3.63, 3.8) is 0 Å². The van der Waals surface area contributed by atoms with Crippen LogP contribution in [0.4, 0.5) is 11.6 Å².